The molecule has 0 aliphatic rings. The van der Waals surface area contributed by atoms with Gasteiger partial charge in [0.25, 0.3) is 0 Å². The lowest BCUT2D eigenvalue weighted by Gasteiger charge is -2.18. The van der Waals surface area contributed by atoms with Gasteiger partial charge in [0.1, 0.15) is 0 Å². The number of carbonyl (C=O) groups is 1. The normalized spacial score (nSPS) is 11.9. The molecule has 5 nitrogen and oxygen atoms in total. The highest BCUT2D eigenvalue weighted by atomic mass is 16.5. The van der Waals surface area contributed by atoms with E-state index in [1.54, 1.807) is 0 Å². The Balaban J connectivity index is 1.40. The third-order valence-electron chi connectivity index (χ3n) is 11.3. The summed E-state index contributed by atoms with van der Waals surface area (Å²) >= 11 is 0. The van der Waals surface area contributed by atoms with Crippen molar-refractivity contribution in [2.45, 2.75) is 156 Å². The van der Waals surface area contributed by atoms with Crippen molar-refractivity contribution in [2.24, 2.45) is 16.3 Å². The van der Waals surface area contributed by atoms with Crippen molar-refractivity contribution in [3.63, 3.8) is 0 Å². The second-order valence-electron chi connectivity index (χ2n) is 15.7. The summed E-state index contributed by atoms with van der Waals surface area (Å²) in [4.78, 5) is 13.7. The van der Waals surface area contributed by atoms with Gasteiger partial charge in [-0.1, -0.05) is 195 Å². The van der Waals surface area contributed by atoms with Gasteiger partial charge in [0, 0.05) is 29.6 Å². The summed E-state index contributed by atoms with van der Waals surface area (Å²) < 4.78 is 6.15. The van der Waals surface area contributed by atoms with E-state index in [-0.39, 0.29) is 5.97 Å². The van der Waals surface area contributed by atoms with E-state index in [1.807, 2.05) is 59.6 Å². The average Bonchev–Trinajstić information content (AvgIpc) is 3.23. The second-order valence-corrected chi connectivity index (χ2v) is 15.7. The Labute approximate surface area is 340 Å². The maximum absolute atomic E-state index is 13.7. The van der Waals surface area contributed by atoms with E-state index >= 15 is 0 Å². The van der Waals surface area contributed by atoms with Crippen LogP contribution < -0.4 is 0 Å². The van der Waals surface area contributed by atoms with E-state index in [4.69, 9.17) is 4.74 Å². The van der Waals surface area contributed by atoms with Gasteiger partial charge in [-0.3, -0.25) is 5.01 Å². The molecular weight excluding hydrogens is 687 g/mol. The maximum Gasteiger partial charge on any atom is 0.338 e. The lowest BCUT2D eigenvalue weighted by Crippen LogP contribution is -2.15. The van der Waals surface area contributed by atoms with Crippen molar-refractivity contribution in [2.75, 3.05) is 19.7 Å². The van der Waals surface area contributed by atoms with Crippen LogP contribution in [-0.4, -0.2) is 30.7 Å². The van der Waals surface area contributed by atoms with Crippen LogP contribution in [0, 0.1) is 17.8 Å². The highest BCUT2D eigenvalue weighted by Gasteiger charge is 2.17. The first-order valence-electron chi connectivity index (χ1n) is 22.5. The zero-order valence-corrected chi connectivity index (χ0v) is 35.4. The van der Waals surface area contributed by atoms with Crippen LogP contribution in [0.15, 0.2) is 83.1 Å². The first kappa shape index (κ1) is 44.5. The molecule has 4 aromatic rings. The number of esters is 1. The fraction of sp³-hybridized carbons (Fsp3) is 0.549. The molecule has 0 heterocycles. The summed E-state index contributed by atoms with van der Waals surface area (Å²) in [5, 5.41) is 14.8. The molecule has 1 atom stereocenters. The van der Waals surface area contributed by atoms with Crippen molar-refractivity contribution in [3.8, 4) is 11.8 Å². The molecule has 0 aliphatic carbocycles. The van der Waals surface area contributed by atoms with Crippen LogP contribution in [0.4, 0.5) is 5.69 Å². The van der Waals surface area contributed by atoms with Gasteiger partial charge < -0.3 is 4.74 Å². The molecule has 0 amide bonds. The number of unbranched alkanes of at least 4 members (excludes halogenated alkanes) is 16. The van der Waals surface area contributed by atoms with Crippen molar-refractivity contribution in [1.29, 1.82) is 0 Å². The predicted molar refractivity (Wildman–Crippen MR) is 239 cm³/mol. The Morgan fingerprint density at radius 3 is 1.52 bits per heavy atom. The van der Waals surface area contributed by atoms with Crippen LogP contribution in [0.25, 0.3) is 21.5 Å². The number of ether oxygens (including phenoxy) is 1. The van der Waals surface area contributed by atoms with Crippen molar-refractivity contribution >= 4 is 33.2 Å². The highest BCUT2D eigenvalue weighted by Crippen LogP contribution is 2.30. The Bertz CT molecular complexity index is 1810. The Kier molecular flexibility index (Phi) is 21.2. The van der Waals surface area contributed by atoms with Gasteiger partial charge in [0.15, 0.2) is 0 Å². The number of hydrogen-bond donors (Lipinski definition) is 0. The third kappa shape index (κ3) is 15.1. The Morgan fingerprint density at radius 2 is 1.00 bits per heavy atom. The average molecular weight is 758 g/mol. The minimum absolute atomic E-state index is 0.231. The lowest BCUT2D eigenvalue weighted by atomic mass is 9.94. The van der Waals surface area contributed by atoms with Gasteiger partial charge in [-0.05, 0) is 73.0 Å². The maximum atomic E-state index is 13.7. The number of benzene rings is 4. The molecule has 0 saturated carbocycles. The third-order valence-corrected chi connectivity index (χ3v) is 11.3. The van der Waals surface area contributed by atoms with Crippen LogP contribution in [-0.2, 0) is 4.74 Å². The van der Waals surface area contributed by atoms with Crippen LogP contribution in [0.3, 0.4) is 0 Å². The molecule has 0 radical (unpaired) electrons. The fourth-order valence-electron chi connectivity index (χ4n) is 7.73. The molecule has 4 aromatic carbocycles. The van der Waals surface area contributed by atoms with Gasteiger partial charge in [0.2, 0.25) is 0 Å². The monoisotopic (exact) mass is 758 g/mol. The molecule has 302 valence electrons. The fourth-order valence-corrected chi connectivity index (χ4v) is 7.73. The van der Waals surface area contributed by atoms with Crippen molar-refractivity contribution in [1.82, 2.24) is 5.01 Å². The molecule has 56 heavy (non-hydrogen) atoms. The highest BCUT2D eigenvalue weighted by molar-refractivity contribution is 6.06. The van der Waals surface area contributed by atoms with E-state index in [2.05, 4.69) is 68.1 Å². The standard InChI is InChI=1S/C51H71N3O2/c1-5-9-11-13-15-17-18-20-22-24-30-42(29-23-21-19-16-14-12-10-6-2)41-56-51(55)49-39-37-43(45-31-25-27-33-47(45)49)35-36-44-38-40-50(52-53-54(7-3)8-4)48-34-28-26-32-46(44)48/h25-28,31-34,37-40,42H,5-24,29-30,41H2,1-4H3. The zero-order chi connectivity index (χ0) is 39.6. The quantitative estimate of drug-likeness (QED) is 0.0200. The van der Waals surface area contributed by atoms with E-state index in [1.165, 1.54) is 116 Å². The smallest absolute Gasteiger partial charge is 0.338 e. The summed E-state index contributed by atoms with van der Waals surface area (Å²) in [5.41, 5.74) is 3.26. The minimum Gasteiger partial charge on any atom is -0.462 e. The predicted octanol–water partition coefficient (Wildman–Crippen LogP) is 15.3. The summed E-state index contributed by atoms with van der Waals surface area (Å²) in [5.74, 6) is 7.06. The molecule has 0 fully saturated rings. The number of hydrogen-bond acceptors (Lipinski definition) is 4. The van der Waals surface area contributed by atoms with Gasteiger partial charge in [-0.2, -0.15) is 0 Å². The van der Waals surface area contributed by atoms with E-state index in [0.717, 1.165) is 64.3 Å². The van der Waals surface area contributed by atoms with E-state index < -0.39 is 0 Å². The van der Waals surface area contributed by atoms with Crippen LogP contribution >= 0.6 is 0 Å². The Morgan fingerprint density at radius 1 is 0.554 bits per heavy atom. The molecule has 0 aromatic heterocycles. The zero-order valence-electron chi connectivity index (χ0n) is 35.4. The lowest BCUT2D eigenvalue weighted by molar-refractivity contribution is 0.0424. The summed E-state index contributed by atoms with van der Waals surface area (Å²) in [6.07, 6.45) is 26.3. The van der Waals surface area contributed by atoms with E-state index in [9.17, 15) is 4.79 Å². The topological polar surface area (TPSA) is 54.3 Å². The SMILES string of the molecule is CCCCCCCCCCCCC(CCCCCCCCCC)COC(=O)c1ccc(C#Cc2ccc(N=NN(CC)CC)c3ccccc23)c2ccccc12. The van der Waals surface area contributed by atoms with Crippen LogP contribution in [0.1, 0.15) is 178 Å². The van der Waals surface area contributed by atoms with Crippen molar-refractivity contribution in [3.05, 3.63) is 89.5 Å². The number of fused-ring (bicyclic) bond motifs is 2. The van der Waals surface area contributed by atoms with Gasteiger partial charge in [0.05, 0.1) is 17.9 Å². The molecule has 5 heteroatoms. The summed E-state index contributed by atoms with van der Waals surface area (Å²) in [6, 6.07) is 24.2. The molecule has 1 unspecified atom stereocenters. The molecule has 0 aliphatic heterocycles. The number of nitrogens with zero attached hydrogens (tertiary/aromatic N) is 3. The molecule has 0 saturated heterocycles. The molecular formula is C51H71N3O2. The largest absolute Gasteiger partial charge is 0.462 e. The summed E-state index contributed by atoms with van der Waals surface area (Å²) in [6.45, 7) is 10.8. The first-order valence-corrected chi connectivity index (χ1v) is 22.5. The van der Waals surface area contributed by atoms with Crippen LogP contribution in [0.2, 0.25) is 0 Å². The van der Waals surface area contributed by atoms with Gasteiger partial charge in [-0.25, -0.2) is 4.79 Å². The summed E-state index contributed by atoms with van der Waals surface area (Å²) in [7, 11) is 0. The number of rotatable bonds is 27. The van der Waals surface area contributed by atoms with E-state index in [0.29, 0.717) is 18.1 Å². The molecule has 0 bridgehead atoms. The number of carbonyl (C=O) groups excluding carboxylic acids is 1. The molecule has 4 rings (SSSR count). The van der Waals surface area contributed by atoms with Crippen LogP contribution in [0.5, 0.6) is 0 Å². The second kappa shape index (κ2) is 26.6. The molecule has 0 N–H and O–H groups in total. The minimum atomic E-state index is -0.231. The Hall–Kier alpha value is -4.17. The molecule has 0 spiro atoms. The first-order chi connectivity index (χ1) is 27.6. The van der Waals surface area contributed by atoms with Gasteiger partial charge >= 0.3 is 5.97 Å². The van der Waals surface area contributed by atoms with Crippen molar-refractivity contribution < 1.29 is 9.53 Å². The van der Waals surface area contributed by atoms with Gasteiger partial charge in [-0.15, -0.1) is 5.11 Å².